The molecule has 0 radical (unpaired) electrons. The molecule has 11 heteroatoms. The van der Waals surface area contributed by atoms with Crippen LogP contribution in [0.1, 0.15) is 15.9 Å². The molecular weight excluding hydrogens is 438 g/mol. The fourth-order valence-electron chi connectivity index (χ4n) is 2.78. The summed E-state index contributed by atoms with van der Waals surface area (Å²) in [5, 5.41) is 16.5. The summed E-state index contributed by atoms with van der Waals surface area (Å²) in [6.07, 6.45) is 2.68. The lowest BCUT2D eigenvalue weighted by Gasteiger charge is -2.18. The van der Waals surface area contributed by atoms with Gasteiger partial charge in [-0.25, -0.2) is 13.6 Å². The van der Waals surface area contributed by atoms with E-state index in [1.54, 1.807) is 31.3 Å². The third-order valence-corrected chi connectivity index (χ3v) is 4.28. The van der Waals surface area contributed by atoms with Gasteiger partial charge in [0, 0.05) is 37.1 Å². The van der Waals surface area contributed by atoms with Crippen molar-refractivity contribution in [2.75, 3.05) is 31.3 Å². The van der Waals surface area contributed by atoms with Crippen LogP contribution >= 0.6 is 0 Å². The molecule has 2 aromatic rings. The predicted molar refractivity (Wildman–Crippen MR) is 117 cm³/mol. The number of aliphatic hydroxyl groups excluding tert-OH is 1. The zero-order valence-corrected chi connectivity index (χ0v) is 17.7. The summed E-state index contributed by atoms with van der Waals surface area (Å²) in [5.74, 6) is -4.79. The van der Waals surface area contributed by atoms with E-state index in [-0.39, 0.29) is 24.6 Å². The third-order valence-electron chi connectivity index (χ3n) is 4.28. The summed E-state index contributed by atoms with van der Waals surface area (Å²) >= 11 is 0. The number of ether oxygens (including phenoxy) is 1. The van der Waals surface area contributed by atoms with E-state index in [4.69, 9.17) is 15.6 Å². The fourth-order valence-corrected chi connectivity index (χ4v) is 2.78. The Kier molecular flexibility index (Phi) is 9.30. The van der Waals surface area contributed by atoms with E-state index in [2.05, 4.69) is 16.0 Å². The monoisotopic (exact) mass is 462 g/mol. The van der Waals surface area contributed by atoms with Gasteiger partial charge in [-0.05, 0) is 29.8 Å². The van der Waals surface area contributed by atoms with Gasteiger partial charge in [0.25, 0.3) is 5.91 Å². The highest BCUT2D eigenvalue weighted by atomic mass is 19.1. The topological polar surface area (TPSA) is 143 Å². The maximum absolute atomic E-state index is 14.1. The molecule has 0 heterocycles. The molecule has 0 aromatic heterocycles. The molecule has 0 unspecified atom stereocenters. The van der Waals surface area contributed by atoms with E-state index in [1.807, 2.05) is 0 Å². The number of benzene rings is 2. The molecule has 2 rings (SSSR count). The van der Waals surface area contributed by atoms with Crippen LogP contribution in [-0.2, 0) is 20.7 Å². The molecule has 0 saturated heterocycles. The Morgan fingerprint density at radius 3 is 2.36 bits per heavy atom. The van der Waals surface area contributed by atoms with Crippen molar-refractivity contribution in [2.45, 2.75) is 12.5 Å². The fraction of sp³-hybridized carbons (Fsp3) is 0.227. The Labute approximate surface area is 188 Å². The van der Waals surface area contributed by atoms with E-state index >= 15 is 0 Å². The molecule has 0 bridgehead atoms. The molecule has 0 spiro atoms. The van der Waals surface area contributed by atoms with Crippen LogP contribution < -0.4 is 21.7 Å². The number of carbonyl (C=O) groups is 3. The lowest BCUT2D eigenvalue weighted by atomic mass is 10.0. The molecule has 2 amide bonds. The highest BCUT2D eigenvalue weighted by Gasteiger charge is 2.26. The van der Waals surface area contributed by atoms with E-state index < -0.39 is 41.7 Å². The zero-order valence-electron chi connectivity index (χ0n) is 17.7. The number of anilines is 2. The van der Waals surface area contributed by atoms with Crippen LogP contribution in [0.15, 0.2) is 48.7 Å². The summed E-state index contributed by atoms with van der Waals surface area (Å²) in [4.78, 5) is 36.6. The summed E-state index contributed by atoms with van der Waals surface area (Å²) in [5.41, 5.74) is 5.31. The van der Waals surface area contributed by atoms with Gasteiger partial charge < -0.3 is 31.5 Å². The maximum Gasteiger partial charge on any atom is 0.329 e. The van der Waals surface area contributed by atoms with Gasteiger partial charge in [0.15, 0.2) is 0 Å². The Balaban J connectivity index is 2.17. The number of nitrogens with one attached hydrogen (secondary N) is 3. The van der Waals surface area contributed by atoms with Gasteiger partial charge in [-0.15, -0.1) is 0 Å². The van der Waals surface area contributed by atoms with E-state index in [1.165, 1.54) is 12.3 Å². The van der Waals surface area contributed by atoms with Gasteiger partial charge in [0.2, 0.25) is 5.91 Å². The second kappa shape index (κ2) is 12.2. The molecule has 6 N–H and O–H groups in total. The van der Waals surface area contributed by atoms with Crippen molar-refractivity contribution < 1.29 is 33.0 Å². The van der Waals surface area contributed by atoms with Gasteiger partial charge in [-0.1, -0.05) is 12.1 Å². The number of hydrogen-bond donors (Lipinski definition) is 5. The minimum absolute atomic E-state index is 0.0813. The standard InChI is InChI=1S/C22H24F2N4O5/c1-26-7-6-19(30)27-15-4-2-13(3-5-15)10-18(22(32)33-9-8-29)28-21(31)20-16(23)11-14(25)12-17(20)24/h2-7,11-12,18,26,29H,8-10,25H2,1H3,(H,27,30)(H,28,31)/b7-6-/t18-/m0/s1. The van der Waals surface area contributed by atoms with Crippen LogP contribution in [0.4, 0.5) is 20.2 Å². The molecule has 1 atom stereocenters. The number of nitrogen functional groups attached to an aromatic ring is 1. The van der Waals surface area contributed by atoms with Crippen molar-refractivity contribution in [3.63, 3.8) is 0 Å². The number of nitrogens with two attached hydrogens (primary N) is 1. The van der Waals surface area contributed by atoms with Gasteiger partial charge in [-0.2, -0.15) is 0 Å². The second-order valence-electron chi connectivity index (χ2n) is 6.79. The number of amides is 2. The molecule has 0 aliphatic heterocycles. The van der Waals surface area contributed by atoms with Crippen molar-refractivity contribution in [3.05, 3.63) is 71.4 Å². The highest BCUT2D eigenvalue weighted by molar-refractivity contribution is 5.99. The molecule has 0 aliphatic carbocycles. The van der Waals surface area contributed by atoms with Crippen molar-refractivity contribution in [1.29, 1.82) is 0 Å². The molecule has 0 aliphatic rings. The van der Waals surface area contributed by atoms with Crippen LogP contribution in [0.3, 0.4) is 0 Å². The van der Waals surface area contributed by atoms with E-state index in [0.29, 0.717) is 11.3 Å². The number of esters is 1. The molecule has 0 fully saturated rings. The maximum atomic E-state index is 14.1. The zero-order chi connectivity index (χ0) is 24.4. The normalized spacial score (nSPS) is 11.6. The molecule has 2 aromatic carbocycles. The summed E-state index contributed by atoms with van der Waals surface area (Å²) in [6, 6.07) is 6.63. The first-order chi connectivity index (χ1) is 15.7. The smallest absolute Gasteiger partial charge is 0.329 e. The molecule has 176 valence electrons. The average molecular weight is 462 g/mol. The lowest BCUT2D eigenvalue weighted by Crippen LogP contribution is -2.44. The number of aliphatic hydroxyl groups is 1. The Bertz CT molecular complexity index is 1000. The van der Waals surface area contributed by atoms with Gasteiger partial charge in [0.05, 0.1) is 6.61 Å². The van der Waals surface area contributed by atoms with Crippen LogP contribution in [0.5, 0.6) is 0 Å². The largest absolute Gasteiger partial charge is 0.462 e. The van der Waals surface area contributed by atoms with Crippen molar-refractivity contribution in [1.82, 2.24) is 10.6 Å². The van der Waals surface area contributed by atoms with Crippen LogP contribution in [0.25, 0.3) is 0 Å². The predicted octanol–water partition coefficient (Wildman–Crippen LogP) is 1.10. The van der Waals surface area contributed by atoms with Gasteiger partial charge in [0.1, 0.15) is 29.8 Å². The average Bonchev–Trinajstić information content (AvgIpc) is 2.76. The minimum Gasteiger partial charge on any atom is -0.462 e. The highest BCUT2D eigenvalue weighted by Crippen LogP contribution is 2.18. The second-order valence-corrected chi connectivity index (χ2v) is 6.79. The molecule has 33 heavy (non-hydrogen) atoms. The van der Waals surface area contributed by atoms with Crippen LogP contribution in [0.2, 0.25) is 0 Å². The summed E-state index contributed by atoms with van der Waals surface area (Å²) in [7, 11) is 1.65. The Hall–Kier alpha value is -3.99. The van der Waals surface area contributed by atoms with E-state index in [0.717, 1.165) is 12.1 Å². The summed E-state index contributed by atoms with van der Waals surface area (Å²) < 4.78 is 33.1. The van der Waals surface area contributed by atoms with Crippen LogP contribution in [-0.4, -0.2) is 49.2 Å². The van der Waals surface area contributed by atoms with Crippen LogP contribution in [0, 0.1) is 11.6 Å². The lowest BCUT2D eigenvalue weighted by molar-refractivity contribution is -0.146. The molecular formula is C22H24F2N4O5. The minimum atomic E-state index is -1.31. The third kappa shape index (κ3) is 7.58. The number of carbonyl (C=O) groups excluding carboxylic acids is 3. The first-order valence-electron chi connectivity index (χ1n) is 9.81. The Morgan fingerprint density at radius 1 is 1.15 bits per heavy atom. The summed E-state index contributed by atoms with van der Waals surface area (Å²) in [6.45, 7) is -0.759. The van der Waals surface area contributed by atoms with Gasteiger partial charge in [-0.3, -0.25) is 9.59 Å². The van der Waals surface area contributed by atoms with Crippen molar-refractivity contribution in [2.24, 2.45) is 0 Å². The number of halogens is 2. The van der Waals surface area contributed by atoms with Crippen molar-refractivity contribution in [3.8, 4) is 0 Å². The van der Waals surface area contributed by atoms with Gasteiger partial charge >= 0.3 is 5.97 Å². The number of hydrogen-bond acceptors (Lipinski definition) is 7. The first kappa shape index (κ1) is 25.3. The first-order valence-corrected chi connectivity index (χ1v) is 9.81. The SMILES string of the molecule is CN/C=C\C(=O)Nc1ccc(C[C@H](NC(=O)c2c(F)cc(N)cc2F)C(=O)OCCO)cc1. The quantitative estimate of drug-likeness (QED) is 0.202. The molecule has 9 nitrogen and oxygen atoms in total. The molecule has 0 saturated carbocycles. The van der Waals surface area contributed by atoms with Crippen molar-refractivity contribution >= 4 is 29.2 Å². The number of rotatable bonds is 10. The Morgan fingerprint density at radius 2 is 1.79 bits per heavy atom. The van der Waals surface area contributed by atoms with E-state index in [9.17, 15) is 23.2 Å².